The molecule has 0 aliphatic heterocycles. The highest BCUT2D eigenvalue weighted by atomic mass is 32.3. The molecule has 2 aliphatic rings. The summed E-state index contributed by atoms with van der Waals surface area (Å²) in [6, 6.07) is 4.06. The molecule has 0 spiro atoms. The first kappa shape index (κ1) is 24.9. The fraction of sp³-hybridized carbons (Fsp3) is 0.760. The minimum absolute atomic E-state index is 0.0534. The van der Waals surface area contributed by atoms with E-state index in [0.717, 1.165) is 43.0 Å². The normalized spacial score (nSPS) is 32.7. The lowest BCUT2D eigenvalue weighted by atomic mass is 9.66. The zero-order valence-electron chi connectivity index (χ0n) is 18.6. The average Bonchev–Trinajstić information content (AvgIpc) is 2.75. The van der Waals surface area contributed by atoms with E-state index in [2.05, 4.69) is 6.92 Å². The van der Waals surface area contributed by atoms with Crippen molar-refractivity contribution in [2.24, 2.45) is 17.8 Å². The van der Waals surface area contributed by atoms with Crippen molar-refractivity contribution in [3.63, 3.8) is 0 Å². The smallest absolute Gasteiger partial charge is 0.237 e. The van der Waals surface area contributed by atoms with Crippen LogP contribution in [0.4, 0.5) is 20.4 Å². The van der Waals surface area contributed by atoms with E-state index in [4.69, 9.17) is 0 Å². The Morgan fingerprint density at radius 1 is 0.871 bits per heavy atom. The van der Waals surface area contributed by atoms with E-state index in [0.29, 0.717) is 12.3 Å². The molecular formula is C25H37F5S. The van der Waals surface area contributed by atoms with Crippen LogP contribution in [0.15, 0.2) is 29.2 Å². The molecule has 0 saturated heterocycles. The molecule has 178 valence electrons. The second-order valence-corrected chi connectivity index (χ2v) is 11.1. The van der Waals surface area contributed by atoms with Gasteiger partial charge >= 0.3 is 0 Å². The Labute approximate surface area is 186 Å². The van der Waals surface area contributed by atoms with Crippen molar-refractivity contribution in [2.45, 2.75) is 107 Å². The summed E-state index contributed by atoms with van der Waals surface area (Å²) in [6.07, 6.45) is 11.7. The molecule has 6 heteroatoms. The van der Waals surface area contributed by atoms with Crippen LogP contribution < -0.4 is 0 Å². The van der Waals surface area contributed by atoms with Crippen molar-refractivity contribution in [3.05, 3.63) is 29.8 Å². The van der Waals surface area contributed by atoms with Crippen LogP contribution in [0.5, 0.6) is 0 Å². The van der Waals surface area contributed by atoms with Gasteiger partial charge in [-0.25, -0.2) is 8.78 Å². The minimum atomic E-state index is -5.34. The lowest BCUT2D eigenvalue weighted by Crippen LogP contribution is -2.40. The maximum atomic E-state index is 15.5. The molecule has 31 heavy (non-hydrogen) atoms. The fourth-order valence-corrected chi connectivity index (χ4v) is 6.19. The third-order valence-corrected chi connectivity index (χ3v) is 8.57. The zero-order chi connectivity index (χ0) is 22.5. The van der Waals surface area contributed by atoms with E-state index in [1.807, 2.05) is 0 Å². The molecule has 0 N–H and O–H groups in total. The summed E-state index contributed by atoms with van der Waals surface area (Å²) in [5.41, 5.74) is -2.11. The summed E-state index contributed by atoms with van der Waals surface area (Å²) >= 11 is -5.34. The summed E-state index contributed by atoms with van der Waals surface area (Å²) in [5, 5.41) is 0. The van der Waals surface area contributed by atoms with Crippen molar-refractivity contribution in [1.82, 2.24) is 0 Å². The zero-order valence-corrected chi connectivity index (χ0v) is 19.4. The fourth-order valence-electron chi connectivity index (χ4n) is 5.75. The Kier molecular flexibility index (Phi) is 8.73. The van der Waals surface area contributed by atoms with Crippen molar-refractivity contribution in [3.8, 4) is 0 Å². The van der Waals surface area contributed by atoms with Gasteiger partial charge in [-0.3, -0.25) is 0 Å². The molecule has 0 bridgehead atoms. The number of unbranched alkanes of at least 4 members (excludes halogenated alkanes) is 4. The molecule has 2 aliphatic carbocycles. The maximum absolute atomic E-state index is 15.5. The van der Waals surface area contributed by atoms with Gasteiger partial charge in [0.15, 0.2) is 5.67 Å². The van der Waals surface area contributed by atoms with Gasteiger partial charge in [-0.05, 0) is 67.6 Å². The van der Waals surface area contributed by atoms with Crippen LogP contribution >= 0.6 is 11.2 Å². The van der Waals surface area contributed by atoms with E-state index in [9.17, 15) is 11.7 Å². The largest absolute Gasteiger partial charge is 0.244 e. The minimum Gasteiger partial charge on any atom is -0.244 e. The van der Waals surface area contributed by atoms with Crippen molar-refractivity contribution in [1.29, 1.82) is 0 Å². The first-order chi connectivity index (χ1) is 14.7. The summed E-state index contributed by atoms with van der Waals surface area (Å²) < 4.78 is 69.1. The molecule has 1 aromatic rings. The predicted molar refractivity (Wildman–Crippen MR) is 119 cm³/mol. The van der Waals surface area contributed by atoms with Gasteiger partial charge in [-0.1, -0.05) is 70.4 Å². The van der Waals surface area contributed by atoms with Gasteiger partial charge in [0, 0.05) is 0 Å². The average molecular weight is 465 g/mol. The molecule has 0 radical (unpaired) electrons. The summed E-state index contributed by atoms with van der Waals surface area (Å²) in [7, 11) is 0. The quantitative estimate of drug-likeness (QED) is 0.252. The third kappa shape index (κ3) is 6.39. The lowest BCUT2D eigenvalue weighted by Gasteiger charge is -2.42. The Morgan fingerprint density at radius 3 is 2.10 bits per heavy atom. The Hall–Kier alpha value is -0.780. The molecule has 0 nitrogen and oxygen atoms in total. The number of alkyl halides is 2. The van der Waals surface area contributed by atoms with Gasteiger partial charge in [0.25, 0.3) is 0 Å². The van der Waals surface area contributed by atoms with Gasteiger partial charge < -0.3 is 0 Å². The second-order valence-electron chi connectivity index (χ2n) is 9.78. The lowest BCUT2D eigenvalue weighted by molar-refractivity contribution is -0.0274. The van der Waals surface area contributed by atoms with Crippen LogP contribution in [0.25, 0.3) is 0 Å². The number of halogens is 5. The van der Waals surface area contributed by atoms with E-state index in [1.165, 1.54) is 51.4 Å². The first-order valence-electron chi connectivity index (χ1n) is 12.1. The number of hydrogen-bond donors (Lipinski definition) is 0. The van der Waals surface area contributed by atoms with Crippen LogP contribution in [-0.2, 0) is 5.67 Å². The predicted octanol–water partition coefficient (Wildman–Crippen LogP) is 9.97. The number of rotatable bonds is 9. The van der Waals surface area contributed by atoms with Crippen LogP contribution in [-0.4, -0.2) is 6.17 Å². The molecule has 3 rings (SSSR count). The monoisotopic (exact) mass is 464 g/mol. The molecule has 0 heterocycles. The molecule has 0 aromatic heterocycles. The van der Waals surface area contributed by atoms with Gasteiger partial charge in [0.2, 0.25) is 11.2 Å². The van der Waals surface area contributed by atoms with Crippen LogP contribution in [0.3, 0.4) is 0 Å². The molecule has 1 aromatic carbocycles. The van der Waals surface area contributed by atoms with E-state index >= 15 is 8.78 Å². The second kappa shape index (κ2) is 10.9. The maximum Gasteiger partial charge on any atom is 0.237 e. The van der Waals surface area contributed by atoms with Crippen molar-refractivity contribution >= 4 is 11.2 Å². The molecule has 2 saturated carbocycles. The highest BCUT2D eigenvalue weighted by molar-refractivity contribution is 8.20. The number of benzene rings is 1. The topological polar surface area (TPSA) is 0 Å². The Morgan fingerprint density at radius 2 is 1.52 bits per heavy atom. The van der Waals surface area contributed by atoms with Crippen LogP contribution in [0.1, 0.15) is 96.0 Å². The SMILES string of the molecule is CCCCCCC[C@H]1CC[C@H](C2CCC(F)(c3ccc(S(F)(F)F)cc3)C(F)C2)CC1. The molecule has 3 unspecified atom stereocenters. The third-order valence-electron chi connectivity index (χ3n) is 7.76. The molecule has 2 fully saturated rings. The highest BCUT2D eigenvalue weighted by Gasteiger charge is 2.47. The highest BCUT2D eigenvalue weighted by Crippen LogP contribution is 2.61. The van der Waals surface area contributed by atoms with E-state index in [-0.39, 0.29) is 24.3 Å². The van der Waals surface area contributed by atoms with Crippen LogP contribution in [0.2, 0.25) is 0 Å². The van der Waals surface area contributed by atoms with Crippen molar-refractivity contribution in [2.75, 3.05) is 0 Å². The summed E-state index contributed by atoms with van der Waals surface area (Å²) in [6.45, 7) is 2.23. The van der Waals surface area contributed by atoms with Gasteiger partial charge in [0.1, 0.15) is 6.17 Å². The molecular weight excluding hydrogens is 427 g/mol. The first-order valence-corrected chi connectivity index (χ1v) is 13.4. The Balaban J connectivity index is 1.48. The summed E-state index contributed by atoms with van der Waals surface area (Å²) in [4.78, 5) is -0.744. The van der Waals surface area contributed by atoms with Gasteiger partial charge in [0.05, 0.1) is 4.90 Å². The molecule has 0 amide bonds. The number of hydrogen-bond acceptors (Lipinski definition) is 0. The summed E-state index contributed by atoms with van der Waals surface area (Å²) in [5.74, 6) is 1.45. The van der Waals surface area contributed by atoms with E-state index in [1.54, 1.807) is 0 Å². The van der Waals surface area contributed by atoms with E-state index < -0.39 is 27.9 Å². The van der Waals surface area contributed by atoms with Crippen molar-refractivity contribution < 1.29 is 20.4 Å². The van der Waals surface area contributed by atoms with Gasteiger partial charge in [-0.2, -0.15) is 0 Å². The standard InChI is InChI=1S/C25H37F5S/c1-2-3-4-5-6-7-19-8-10-20(11-9-19)21-16-17-25(27,24(26)18-21)22-12-14-23(15-13-22)31(28,29)30/h12-15,19-21,24H,2-11,16-18H2,1H3/t19-,20-,21?,24?,25?. The van der Waals surface area contributed by atoms with Crippen LogP contribution in [0, 0.1) is 17.8 Å². The Bertz CT molecular complexity index is 665. The van der Waals surface area contributed by atoms with Gasteiger partial charge in [-0.15, -0.1) is 11.7 Å². The molecule has 3 atom stereocenters.